The Balaban J connectivity index is 2.01. The Kier molecular flexibility index (Phi) is 3.37. The maximum atomic E-state index is 11.8. The zero-order chi connectivity index (χ0) is 12.4. The predicted octanol–water partition coefficient (Wildman–Crippen LogP) is 1.11. The fraction of sp³-hybridized carbons (Fsp3) is 0.692. The van der Waals surface area contributed by atoms with Crippen molar-refractivity contribution in [2.24, 2.45) is 11.8 Å². The van der Waals surface area contributed by atoms with Gasteiger partial charge in [0.2, 0.25) is 5.91 Å². The first kappa shape index (κ1) is 12.0. The molecular formula is C13H17NO3. The van der Waals surface area contributed by atoms with Crippen LogP contribution in [0.25, 0.3) is 0 Å². The van der Waals surface area contributed by atoms with Crippen LogP contribution in [-0.4, -0.2) is 34.5 Å². The second-order valence-electron chi connectivity index (χ2n) is 4.97. The summed E-state index contributed by atoms with van der Waals surface area (Å²) in [5.41, 5.74) is 0. The van der Waals surface area contributed by atoms with E-state index < -0.39 is 5.97 Å². The van der Waals surface area contributed by atoms with E-state index >= 15 is 0 Å². The number of carbonyl (C=O) groups is 2. The van der Waals surface area contributed by atoms with Crippen molar-refractivity contribution in [2.75, 3.05) is 6.54 Å². The molecule has 0 radical (unpaired) electrons. The second kappa shape index (κ2) is 4.79. The zero-order valence-electron chi connectivity index (χ0n) is 9.76. The van der Waals surface area contributed by atoms with Gasteiger partial charge in [-0.1, -0.05) is 6.42 Å². The number of rotatable bonds is 2. The highest BCUT2D eigenvalue weighted by Gasteiger charge is 2.37. The predicted molar refractivity (Wildman–Crippen MR) is 62.0 cm³/mol. The van der Waals surface area contributed by atoms with Gasteiger partial charge in [0, 0.05) is 24.9 Å². The van der Waals surface area contributed by atoms with Crippen molar-refractivity contribution in [2.45, 2.75) is 38.1 Å². The average Bonchev–Trinajstić information content (AvgIpc) is 2.71. The van der Waals surface area contributed by atoms with Gasteiger partial charge >= 0.3 is 5.97 Å². The summed E-state index contributed by atoms with van der Waals surface area (Å²) in [5.74, 6) is 1.67. The van der Waals surface area contributed by atoms with Crippen LogP contribution in [0.5, 0.6) is 0 Å². The number of aliphatic carboxylic acids is 1. The van der Waals surface area contributed by atoms with Crippen LogP contribution in [0.1, 0.15) is 32.1 Å². The first-order valence-corrected chi connectivity index (χ1v) is 6.10. The molecule has 0 spiro atoms. The van der Waals surface area contributed by atoms with Gasteiger partial charge in [-0.15, -0.1) is 12.3 Å². The lowest BCUT2D eigenvalue weighted by Crippen LogP contribution is -2.41. The number of hydrogen-bond acceptors (Lipinski definition) is 2. The summed E-state index contributed by atoms with van der Waals surface area (Å²) in [6.07, 6.45) is 8.86. The van der Waals surface area contributed by atoms with Crippen LogP contribution in [0.3, 0.4) is 0 Å². The van der Waals surface area contributed by atoms with Crippen LogP contribution >= 0.6 is 0 Å². The summed E-state index contributed by atoms with van der Waals surface area (Å²) in [5, 5.41) is 9.03. The van der Waals surface area contributed by atoms with Crippen LogP contribution in [0.2, 0.25) is 0 Å². The van der Waals surface area contributed by atoms with Crippen molar-refractivity contribution in [3.05, 3.63) is 0 Å². The fourth-order valence-electron chi connectivity index (χ4n) is 2.87. The third-order valence-corrected chi connectivity index (χ3v) is 3.83. The monoisotopic (exact) mass is 235 g/mol. The zero-order valence-corrected chi connectivity index (χ0v) is 9.76. The molecule has 1 heterocycles. The molecule has 1 aliphatic carbocycles. The molecule has 0 aromatic carbocycles. The summed E-state index contributed by atoms with van der Waals surface area (Å²) in [6.45, 7) is 0.604. The van der Waals surface area contributed by atoms with Crippen molar-refractivity contribution < 1.29 is 14.7 Å². The number of nitrogens with zero attached hydrogens (tertiary/aromatic N) is 1. The molecule has 1 saturated heterocycles. The average molecular weight is 235 g/mol. The Morgan fingerprint density at radius 3 is 2.82 bits per heavy atom. The van der Waals surface area contributed by atoms with Crippen molar-refractivity contribution in [1.29, 1.82) is 0 Å². The van der Waals surface area contributed by atoms with Gasteiger partial charge in [0.25, 0.3) is 0 Å². The minimum Gasteiger partial charge on any atom is -0.481 e. The molecule has 0 bridgehead atoms. The van der Waals surface area contributed by atoms with Crippen LogP contribution in [0, 0.1) is 24.2 Å². The minimum absolute atomic E-state index is 0.00713. The highest BCUT2D eigenvalue weighted by Crippen LogP contribution is 2.31. The van der Waals surface area contributed by atoms with Crippen LogP contribution in [0.15, 0.2) is 0 Å². The van der Waals surface area contributed by atoms with Crippen molar-refractivity contribution in [1.82, 2.24) is 4.90 Å². The molecule has 2 fully saturated rings. The smallest absolute Gasteiger partial charge is 0.306 e. The Labute approximate surface area is 101 Å². The largest absolute Gasteiger partial charge is 0.481 e. The van der Waals surface area contributed by atoms with E-state index in [1.54, 1.807) is 4.90 Å². The van der Waals surface area contributed by atoms with Gasteiger partial charge in [-0.05, 0) is 19.3 Å². The molecule has 1 aliphatic heterocycles. The van der Waals surface area contributed by atoms with Crippen LogP contribution in [0.4, 0.5) is 0 Å². The molecule has 1 N–H and O–H groups in total. The van der Waals surface area contributed by atoms with Crippen molar-refractivity contribution >= 4 is 11.9 Å². The van der Waals surface area contributed by atoms with E-state index in [0.717, 1.165) is 19.3 Å². The second-order valence-corrected chi connectivity index (χ2v) is 4.97. The first-order valence-electron chi connectivity index (χ1n) is 6.10. The Morgan fingerprint density at radius 2 is 2.24 bits per heavy atom. The van der Waals surface area contributed by atoms with E-state index in [4.69, 9.17) is 11.5 Å². The Morgan fingerprint density at radius 1 is 1.47 bits per heavy atom. The first-order chi connectivity index (χ1) is 8.11. The van der Waals surface area contributed by atoms with Gasteiger partial charge in [0.1, 0.15) is 0 Å². The Bertz CT molecular complexity index is 371. The lowest BCUT2D eigenvalue weighted by atomic mass is 9.85. The molecular weight excluding hydrogens is 218 g/mol. The number of amides is 1. The van der Waals surface area contributed by atoms with Crippen molar-refractivity contribution in [3.8, 4) is 12.3 Å². The van der Waals surface area contributed by atoms with Crippen LogP contribution < -0.4 is 0 Å². The van der Waals surface area contributed by atoms with E-state index in [1.807, 2.05) is 0 Å². The molecule has 4 heteroatoms. The maximum Gasteiger partial charge on any atom is 0.306 e. The van der Waals surface area contributed by atoms with Crippen molar-refractivity contribution in [3.63, 3.8) is 0 Å². The Hall–Kier alpha value is -1.50. The molecule has 1 amide bonds. The molecule has 0 aromatic rings. The van der Waals surface area contributed by atoms with Gasteiger partial charge in [-0.25, -0.2) is 0 Å². The van der Waals surface area contributed by atoms with E-state index in [-0.39, 0.29) is 23.8 Å². The number of carboxylic acids is 1. The molecule has 3 atom stereocenters. The third kappa shape index (κ3) is 2.44. The molecule has 1 saturated carbocycles. The molecule has 2 rings (SSSR count). The van der Waals surface area contributed by atoms with Gasteiger partial charge < -0.3 is 10.0 Å². The number of carbonyl (C=O) groups excluding carboxylic acids is 1. The van der Waals surface area contributed by atoms with Crippen LogP contribution in [-0.2, 0) is 9.59 Å². The summed E-state index contributed by atoms with van der Waals surface area (Å²) < 4.78 is 0. The molecule has 3 unspecified atom stereocenters. The van der Waals surface area contributed by atoms with Gasteiger partial charge in [-0.2, -0.15) is 0 Å². The topological polar surface area (TPSA) is 57.6 Å². The molecule has 0 aromatic heterocycles. The van der Waals surface area contributed by atoms with E-state index in [1.165, 1.54) is 0 Å². The lowest BCUT2D eigenvalue weighted by molar-refractivity contribution is -0.144. The standard InChI is InChI=1S/C13H17NO3/c1-2-9-6-12(15)14(8-9)11-5-3-4-10(7-11)13(16)17/h1,9-11H,3-8H2,(H,16,17). The van der Waals surface area contributed by atoms with E-state index in [2.05, 4.69) is 5.92 Å². The number of likely N-dealkylation sites (tertiary alicyclic amines) is 1. The molecule has 92 valence electrons. The summed E-state index contributed by atoms with van der Waals surface area (Å²) in [7, 11) is 0. The SMILES string of the molecule is C#CC1CC(=O)N(C2CCCC(C(=O)O)C2)C1. The number of hydrogen-bond donors (Lipinski definition) is 1. The van der Waals surface area contributed by atoms with E-state index in [0.29, 0.717) is 19.4 Å². The normalized spacial score (nSPS) is 33.5. The van der Waals surface area contributed by atoms with Gasteiger partial charge in [0.15, 0.2) is 0 Å². The highest BCUT2D eigenvalue weighted by molar-refractivity contribution is 5.79. The number of carboxylic acid groups (broad SMARTS) is 1. The summed E-state index contributed by atoms with van der Waals surface area (Å²) >= 11 is 0. The highest BCUT2D eigenvalue weighted by atomic mass is 16.4. The lowest BCUT2D eigenvalue weighted by Gasteiger charge is -2.33. The maximum absolute atomic E-state index is 11.8. The quantitative estimate of drug-likeness (QED) is 0.729. The molecule has 17 heavy (non-hydrogen) atoms. The number of terminal acetylenes is 1. The summed E-state index contributed by atoms with van der Waals surface area (Å²) in [6, 6.07) is 0.0794. The third-order valence-electron chi connectivity index (χ3n) is 3.83. The molecule has 4 nitrogen and oxygen atoms in total. The minimum atomic E-state index is -0.741. The van der Waals surface area contributed by atoms with E-state index in [9.17, 15) is 9.59 Å². The molecule has 2 aliphatic rings. The van der Waals surface area contributed by atoms with Gasteiger partial charge in [-0.3, -0.25) is 9.59 Å². The summed E-state index contributed by atoms with van der Waals surface area (Å²) in [4.78, 5) is 24.6. The fourth-order valence-corrected chi connectivity index (χ4v) is 2.87. The van der Waals surface area contributed by atoms with Gasteiger partial charge in [0.05, 0.1) is 5.92 Å².